The van der Waals surface area contributed by atoms with Gasteiger partial charge in [-0.1, -0.05) is 0 Å². The Morgan fingerprint density at radius 3 is 2.82 bits per heavy atom. The smallest absolute Gasteiger partial charge is 0.301 e. The van der Waals surface area contributed by atoms with Gasteiger partial charge in [-0.15, -0.1) is 0 Å². The highest BCUT2D eigenvalue weighted by Crippen LogP contribution is 2.14. The van der Waals surface area contributed by atoms with E-state index in [4.69, 9.17) is 5.11 Å². The van der Waals surface area contributed by atoms with Gasteiger partial charge in [0.2, 0.25) is 0 Å². The highest BCUT2D eigenvalue weighted by Gasteiger charge is 2.17. The summed E-state index contributed by atoms with van der Waals surface area (Å²) in [7, 11) is -2.11. The first-order valence-electron chi connectivity index (χ1n) is 5.23. The quantitative estimate of drug-likeness (QED) is 0.773. The van der Waals surface area contributed by atoms with Crippen molar-refractivity contribution >= 4 is 15.9 Å². The largest absolute Gasteiger partial charge is 0.396 e. The highest BCUT2D eigenvalue weighted by molar-refractivity contribution is 7.90. The van der Waals surface area contributed by atoms with Crippen molar-refractivity contribution in [1.82, 2.24) is 9.29 Å². The fourth-order valence-corrected chi connectivity index (χ4v) is 2.22. The molecule has 1 rings (SSSR count). The van der Waals surface area contributed by atoms with E-state index in [1.165, 1.54) is 13.2 Å². The first-order chi connectivity index (χ1) is 7.97. The molecule has 0 bridgehead atoms. The average Bonchev–Trinajstić information content (AvgIpc) is 2.28. The number of aliphatic hydroxyl groups excluding tert-OH is 1. The van der Waals surface area contributed by atoms with Gasteiger partial charge in [0, 0.05) is 26.4 Å². The number of anilines is 1. The Balaban J connectivity index is 2.76. The molecule has 0 aliphatic carbocycles. The van der Waals surface area contributed by atoms with E-state index in [1.54, 1.807) is 19.2 Å². The monoisotopic (exact) mass is 259 g/mol. The Kier molecular flexibility index (Phi) is 4.86. The normalized spacial score (nSPS) is 11.8. The van der Waals surface area contributed by atoms with Crippen LogP contribution < -0.4 is 4.72 Å². The molecule has 1 heterocycles. The van der Waals surface area contributed by atoms with E-state index in [0.717, 1.165) is 9.87 Å². The minimum Gasteiger partial charge on any atom is -0.396 e. The number of aromatic nitrogens is 1. The molecule has 0 fully saturated rings. The third-order valence-electron chi connectivity index (χ3n) is 2.32. The third-order valence-corrected chi connectivity index (χ3v) is 3.80. The molecule has 0 unspecified atom stereocenters. The zero-order chi connectivity index (χ0) is 12.9. The average molecular weight is 259 g/mol. The molecule has 0 spiro atoms. The lowest BCUT2D eigenvalue weighted by atomic mass is 10.3. The maximum Gasteiger partial charge on any atom is 0.301 e. The van der Waals surface area contributed by atoms with Gasteiger partial charge in [0.1, 0.15) is 0 Å². The first kappa shape index (κ1) is 13.9. The lowest BCUT2D eigenvalue weighted by Gasteiger charge is -2.18. The van der Waals surface area contributed by atoms with Gasteiger partial charge in [-0.25, -0.2) is 0 Å². The van der Waals surface area contributed by atoms with Crippen molar-refractivity contribution in [3.63, 3.8) is 0 Å². The Morgan fingerprint density at radius 2 is 2.24 bits per heavy atom. The van der Waals surface area contributed by atoms with Crippen LogP contribution in [-0.2, 0) is 10.2 Å². The van der Waals surface area contributed by atoms with Crippen molar-refractivity contribution in [2.24, 2.45) is 0 Å². The van der Waals surface area contributed by atoms with Crippen LogP contribution in [0.25, 0.3) is 0 Å². The summed E-state index contributed by atoms with van der Waals surface area (Å²) in [5.74, 6) is 0. The molecule has 0 aromatic carbocycles. The van der Waals surface area contributed by atoms with Crippen LogP contribution in [0.15, 0.2) is 18.5 Å². The van der Waals surface area contributed by atoms with Crippen LogP contribution in [-0.4, -0.2) is 43.0 Å². The molecular formula is C10H17N3O3S. The van der Waals surface area contributed by atoms with E-state index in [1.807, 2.05) is 0 Å². The SMILES string of the molecule is Cc1ccncc1NS(=O)(=O)N(C)CCCO. The van der Waals surface area contributed by atoms with Crippen LogP contribution in [0.3, 0.4) is 0 Å². The molecule has 0 atom stereocenters. The van der Waals surface area contributed by atoms with Crippen molar-refractivity contribution in [3.05, 3.63) is 24.0 Å². The van der Waals surface area contributed by atoms with Crippen molar-refractivity contribution in [2.45, 2.75) is 13.3 Å². The number of hydrogen-bond donors (Lipinski definition) is 2. The summed E-state index contributed by atoms with van der Waals surface area (Å²) in [6.07, 6.45) is 3.47. The molecule has 0 aliphatic heterocycles. The number of rotatable bonds is 6. The predicted octanol–water partition coefficient (Wildman–Crippen LogP) is 0.361. The van der Waals surface area contributed by atoms with Gasteiger partial charge >= 0.3 is 10.2 Å². The first-order valence-corrected chi connectivity index (χ1v) is 6.67. The van der Waals surface area contributed by atoms with Crippen LogP contribution >= 0.6 is 0 Å². The Hall–Kier alpha value is -1.18. The number of pyridine rings is 1. The maximum absolute atomic E-state index is 11.9. The molecule has 0 saturated heterocycles. The third kappa shape index (κ3) is 3.95. The molecule has 96 valence electrons. The lowest BCUT2D eigenvalue weighted by Crippen LogP contribution is -2.33. The zero-order valence-electron chi connectivity index (χ0n) is 9.92. The number of aliphatic hydroxyl groups is 1. The zero-order valence-corrected chi connectivity index (χ0v) is 10.7. The fraction of sp³-hybridized carbons (Fsp3) is 0.500. The molecule has 1 aromatic heterocycles. The molecular weight excluding hydrogens is 242 g/mol. The van der Waals surface area contributed by atoms with Crippen molar-refractivity contribution in [2.75, 3.05) is 24.9 Å². The molecule has 0 aliphatic rings. The molecule has 6 nitrogen and oxygen atoms in total. The second-order valence-electron chi connectivity index (χ2n) is 3.70. The molecule has 7 heteroatoms. The summed E-state index contributed by atoms with van der Waals surface area (Å²) in [5.41, 5.74) is 1.27. The summed E-state index contributed by atoms with van der Waals surface area (Å²) in [6.45, 7) is 2.03. The Bertz CT molecular complexity index is 462. The van der Waals surface area contributed by atoms with Gasteiger partial charge in [-0.3, -0.25) is 9.71 Å². The number of aryl methyl sites for hydroxylation is 1. The molecule has 1 aromatic rings. The number of nitrogens with zero attached hydrogens (tertiary/aromatic N) is 2. The summed E-state index contributed by atoms with van der Waals surface area (Å²) >= 11 is 0. The number of hydrogen-bond acceptors (Lipinski definition) is 4. The van der Waals surface area contributed by atoms with Crippen LogP contribution in [0.5, 0.6) is 0 Å². The van der Waals surface area contributed by atoms with E-state index in [-0.39, 0.29) is 13.2 Å². The second kappa shape index (κ2) is 5.95. The lowest BCUT2D eigenvalue weighted by molar-refractivity contribution is 0.276. The van der Waals surface area contributed by atoms with E-state index in [2.05, 4.69) is 9.71 Å². The van der Waals surface area contributed by atoms with E-state index >= 15 is 0 Å². The van der Waals surface area contributed by atoms with Crippen LogP contribution in [0.1, 0.15) is 12.0 Å². The summed E-state index contributed by atoms with van der Waals surface area (Å²) < 4.78 is 27.3. The van der Waals surface area contributed by atoms with E-state index in [0.29, 0.717) is 12.1 Å². The Labute approximate surface area is 101 Å². The minimum absolute atomic E-state index is 0.0359. The predicted molar refractivity (Wildman–Crippen MR) is 65.8 cm³/mol. The van der Waals surface area contributed by atoms with Crippen LogP contribution in [0.2, 0.25) is 0 Å². The highest BCUT2D eigenvalue weighted by atomic mass is 32.2. The van der Waals surface area contributed by atoms with Gasteiger partial charge in [-0.2, -0.15) is 12.7 Å². The van der Waals surface area contributed by atoms with Gasteiger partial charge in [0.25, 0.3) is 0 Å². The van der Waals surface area contributed by atoms with Gasteiger partial charge < -0.3 is 5.11 Å². The van der Waals surface area contributed by atoms with Gasteiger partial charge in [0.05, 0.1) is 11.9 Å². The van der Waals surface area contributed by atoms with E-state index in [9.17, 15) is 8.42 Å². The summed E-state index contributed by atoms with van der Waals surface area (Å²) in [5, 5.41) is 8.66. The molecule has 0 radical (unpaired) electrons. The van der Waals surface area contributed by atoms with Gasteiger partial charge in [0.15, 0.2) is 0 Å². The topological polar surface area (TPSA) is 82.5 Å². The second-order valence-corrected chi connectivity index (χ2v) is 5.47. The van der Waals surface area contributed by atoms with Crippen LogP contribution in [0.4, 0.5) is 5.69 Å². The Morgan fingerprint density at radius 1 is 1.53 bits per heavy atom. The molecule has 2 N–H and O–H groups in total. The summed E-state index contributed by atoms with van der Waals surface area (Å²) in [6, 6.07) is 1.73. The number of nitrogens with one attached hydrogen (secondary N) is 1. The van der Waals surface area contributed by atoms with Crippen LogP contribution in [0, 0.1) is 6.92 Å². The van der Waals surface area contributed by atoms with Gasteiger partial charge in [-0.05, 0) is 25.0 Å². The maximum atomic E-state index is 11.9. The molecule has 0 saturated carbocycles. The van der Waals surface area contributed by atoms with Crippen molar-refractivity contribution in [1.29, 1.82) is 0 Å². The van der Waals surface area contributed by atoms with E-state index < -0.39 is 10.2 Å². The minimum atomic E-state index is -3.58. The fourth-order valence-electron chi connectivity index (χ4n) is 1.20. The summed E-state index contributed by atoms with van der Waals surface area (Å²) in [4.78, 5) is 3.87. The standard InChI is InChI=1S/C10H17N3O3S/c1-9-4-5-11-8-10(9)12-17(15,16)13(2)6-3-7-14/h4-5,8,12,14H,3,6-7H2,1-2H3. The molecule has 0 amide bonds. The molecule has 17 heavy (non-hydrogen) atoms. The van der Waals surface area contributed by atoms with Crippen molar-refractivity contribution in [3.8, 4) is 0 Å². The van der Waals surface area contributed by atoms with Crippen molar-refractivity contribution < 1.29 is 13.5 Å².